The van der Waals surface area contributed by atoms with Crippen LogP contribution in [0.2, 0.25) is 15.1 Å². The third-order valence-corrected chi connectivity index (χ3v) is 6.87. The van der Waals surface area contributed by atoms with Crippen molar-refractivity contribution in [3.8, 4) is 0 Å². The second-order valence-electron chi connectivity index (χ2n) is 6.87. The van der Waals surface area contributed by atoms with E-state index in [-0.39, 0.29) is 17.6 Å². The Morgan fingerprint density at radius 2 is 1.74 bits per heavy atom. The number of aromatic nitrogens is 1. The summed E-state index contributed by atoms with van der Waals surface area (Å²) in [6, 6.07) is 17.2. The van der Waals surface area contributed by atoms with Gasteiger partial charge in [0.2, 0.25) is 0 Å². The van der Waals surface area contributed by atoms with E-state index in [9.17, 15) is 8.42 Å². The third-order valence-electron chi connectivity index (χ3n) is 4.76. The van der Waals surface area contributed by atoms with Crippen molar-refractivity contribution in [3.63, 3.8) is 0 Å². The minimum absolute atomic E-state index is 0.0413. The Labute approximate surface area is 195 Å². The number of rotatable bonds is 6. The smallest absolute Gasteiger partial charge is 0.256 e. The van der Waals surface area contributed by atoms with Crippen molar-refractivity contribution in [2.24, 2.45) is 5.10 Å². The normalized spacial score (nSPS) is 16.4. The lowest BCUT2D eigenvalue weighted by Crippen LogP contribution is -2.29. The van der Waals surface area contributed by atoms with Crippen LogP contribution >= 0.6 is 34.8 Å². The molecule has 1 aliphatic rings. The fourth-order valence-electron chi connectivity index (χ4n) is 3.27. The van der Waals surface area contributed by atoms with Crippen molar-refractivity contribution >= 4 is 56.2 Å². The van der Waals surface area contributed by atoms with E-state index in [0.717, 1.165) is 5.56 Å². The number of anilines is 1. The van der Waals surface area contributed by atoms with Crippen molar-refractivity contribution in [2.45, 2.75) is 17.5 Å². The Morgan fingerprint density at radius 1 is 1.00 bits per heavy atom. The number of sulfonamides is 1. The monoisotopic (exact) mass is 494 g/mol. The molecule has 1 aliphatic heterocycles. The molecule has 1 aromatic heterocycles. The highest BCUT2D eigenvalue weighted by Gasteiger charge is 2.31. The van der Waals surface area contributed by atoms with E-state index in [0.29, 0.717) is 32.9 Å². The molecular weight excluding hydrogens is 479 g/mol. The van der Waals surface area contributed by atoms with Gasteiger partial charge in [0.05, 0.1) is 29.0 Å². The first-order valence-electron chi connectivity index (χ1n) is 9.30. The van der Waals surface area contributed by atoms with Crippen LogP contribution in [0.1, 0.15) is 18.0 Å². The van der Waals surface area contributed by atoms with Crippen LogP contribution in [-0.2, 0) is 10.0 Å². The molecular formula is C21H17Cl3N4O2S. The summed E-state index contributed by atoms with van der Waals surface area (Å²) in [5.74, 6) is 0. The molecule has 4 rings (SSSR count). The van der Waals surface area contributed by atoms with Crippen molar-refractivity contribution in [1.82, 2.24) is 9.71 Å². The summed E-state index contributed by atoms with van der Waals surface area (Å²) in [6.07, 6.45) is 1.94. The molecule has 0 spiro atoms. The number of halogens is 3. The van der Waals surface area contributed by atoms with Gasteiger partial charge in [-0.05, 0) is 48.0 Å². The topological polar surface area (TPSA) is 74.7 Å². The Hall–Kier alpha value is -2.16. The van der Waals surface area contributed by atoms with Gasteiger partial charge >= 0.3 is 0 Å². The van der Waals surface area contributed by atoms with Crippen molar-refractivity contribution < 1.29 is 8.42 Å². The number of pyridine rings is 1. The summed E-state index contributed by atoms with van der Waals surface area (Å²) in [7, 11) is -3.75. The third kappa shape index (κ3) is 5.02. The van der Waals surface area contributed by atoms with Crippen LogP contribution in [0.5, 0.6) is 0 Å². The van der Waals surface area contributed by atoms with Crippen LogP contribution in [0.25, 0.3) is 0 Å². The Bertz CT molecular complexity index is 1220. The molecule has 6 nitrogen and oxygen atoms in total. The molecule has 2 heterocycles. The molecule has 10 heteroatoms. The summed E-state index contributed by atoms with van der Waals surface area (Å²) in [4.78, 5) is 3.91. The van der Waals surface area contributed by atoms with Crippen molar-refractivity contribution in [1.29, 1.82) is 0 Å². The first-order chi connectivity index (χ1) is 14.8. The van der Waals surface area contributed by atoms with E-state index in [4.69, 9.17) is 34.8 Å². The molecule has 160 valence electrons. The predicted molar refractivity (Wildman–Crippen MR) is 125 cm³/mol. The number of nitrogens with one attached hydrogen (secondary N) is 1. The van der Waals surface area contributed by atoms with Crippen molar-refractivity contribution in [3.05, 3.63) is 87.5 Å². The van der Waals surface area contributed by atoms with E-state index >= 15 is 0 Å². The van der Waals surface area contributed by atoms with Crippen LogP contribution in [-0.4, -0.2) is 25.7 Å². The average Bonchev–Trinajstić information content (AvgIpc) is 3.17. The van der Waals surface area contributed by atoms with Gasteiger partial charge in [0.15, 0.2) is 5.03 Å². The number of nitrogens with zero attached hydrogens (tertiary/aromatic N) is 3. The van der Waals surface area contributed by atoms with Gasteiger partial charge in [-0.1, -0.05) is 53.0 Å². The van der Waals surface area contributed by atoms with E-state index in [2.05, 4.69) is 14.8 Å². The fourth-order valence-corrected chi connectivity index (χ4v) is 4.85. The van der Waals surface area contributed by atoms with Gasteiger partial charge in [-0.25, -0.2) is 18.1 Å². The minimum Gasteiger partial charge on any atom is -0.256 e. The van der Waals surface area contributed by atoms with E-state index in [1.54, 1.807) is 47.5 Å². The van der Waals surface area contributed by atoms with Crippen LogP contribution in [0, 0.1) is 0 Å². The van der Waals surface area contributed by atoms with Crippen LogP contribution in [0.3, 0.4) is 0 Å². The summed E-state index contributed by atoms with van der Waals surface area (Å²) >= 11 is 18.5. The second kappa shape index (κ2) is 9.14. The van der Waals surface area contributed by atoms with Gasteiger partial charge in [-0.3, -0.25) is 5.01 Å². The average molecular weight is 496 g/mol. The molecule has 0 bridgehead atoms. The maximum atomic E-state index is 12.5. The fraction of sp³-hybridized carbons (Fsp3) is 0.143. The summed E-state index contributed by atoms with van der Waals surface area (Å²) in [5, 5.41) is 8.00. The maximum Gasteiger partial charge on any atom is 0.258 e. The molecule has 3 aromatic rings. The molecule has 2 aromatic carbocycles. The number of hydrogen-bond donors (Lipinski definition) is 1. The van der Waals surface area contributed by atoms with E-state index < -0.39 is 10.0 Å². The molecule has 0 saturated carbocycles. The first-order valence-corrected chi connectivity index (χ1v) is 11.9. The quantitative estimate of drug-likeness (QED) is 0.502. The van der Waals surface area contributed by atoms with E-state index in [1.165, 1.54) is 12.3 Å². The number of benzene rings is 2. The Kier molecular flexibility index (Phi) is 6.50. The lowest BCUT2D eigenvalue weighted by molar-refractivity contribution is 0.582. The second-order valence-corrected chi connectivity index (χ2v) is 9.86. The number of hydrazone groups is 1. The summed E-state index contributed by atoms with van der Waals surface area (Å²) < 4.78 is 27.6. The highest BCUT2D eigenvalue weighted by atomic mass is 35.5. The largest absolute Gasteiger partial charge is 0.258 e. The van der Waals surface area contributed by atoms with E-state index in [1.807, 2.05) is 12.1 Å². The summed E-state index contributed by atoms with van der Waals surface area (Å²) in [6.45, 7) is 0.0463. The molecule has 0 saturated heterocycles. The van der Waals surface area contributed by atoms with Gasteiger partial charge in [-0.2, -0.15) is 5.10 Å². The first kappa shape index (κ1) is 22.0. The standard InChI is InChI=1S/C21H17Cl3N4O2S/c22-15-6-4-14(5-7-15)20-12-17(13-26-31(29,30)21-3-1-2-10-25-21)27-28(20)19-9-8-16(23)11-18(19)24/h1-11,20,26H,12-13H2. The zero-order valence-corrected chi connectivity index (χ0v) is 19.1. The van der Waals surface area contributed by atoms with Gasteiger partial charge in [0.25, 0.3) is 10.0 Å². The summed E-state index contributed by atoms with van der Waals surface area (Å²) in [5.41, 5.74) is 2.31. The minimum atomic E-state index is -3.75. The zero-order valence-electron chi connectivity index (χ0n) is 16.0. The Balaban J connectivity index is 1.62. The van der Waals surface area contributed by atoms with Gasteiger partial charge in [0, 0.05) is 22.7 Å². The van der Waals surface area contributed by atoms with Gasteiger partial charge in [-0.15, -0.1) is 0 Å². The molecule has 0 aliphatic carbocycles. The van der Waals surface area contributed by atoms with Crippen LogP contribution < -0.4 is 9.73 Å². The number of hydrogen-bond acceptors (Lipinski definition) is 5. The molecule has 0 radical (unpaired) electrons. The van der Waals surface area contributed by atoms with Gasteiger partial charge < -0.3 is 0 Å². The van der Waals surface area contributed by atoms with Crippen LogP contribution in [0.15, 0.2) is 77.0 Å². The molecule has 1 atom stereocenters. The highest BCUT2D eigenvalue weighted by Crippen LogP contribution is 2.39. The lowest BCUT2D eigenvalue weighted by atomic mass is 10.0. The molecule has 0 amide bonds. The Morgan fingerprint density at radius 3 is 2.42 bits per heavy atom. The lowest BCUT2D eigenvalue weighted by Gasteiger charge is -2.25. The predicted octanol–water partition coefficient (Wildman–Crippen LogP) is 5.33. The van der Waals surface area contributed by atoms with Crippen LogP contribution in [0.4, 0.5) is 5.69 Å². The zero-order chi connectivity index (χ0) is 22.0. The molecule has 1 N–H and O–H groups in total. The molecule has 0 fully saturated rings. The SMILES string of the molecule is O=S(=O)(NCC1=NN(c2ccc(Cl)cc2Cl)C(c2ccc(Cl)cc2)C1)c1ccccn1. The highest BCUT2D eigenvalue weighted by molar-refractivity contribution is 7.89. The van der Waals surface area contributed by atoms with Gasteiger partial charge in [0.1, 0.15) is 0 Å². The molecule has 1 unspecified atom stereocenters. The van der Waals surface area contributed by atoms with Crippen molar-refractivity contribution in [2.75, 3.05) is 11.6 Å². The maximum absolute atomic E-state index is 12.5. The molecule has 31 heavy (non-hydrogen) atoms.